The van der Waals surface area contributed by atoms with Crippen molar-refractivity contribution < 1.29 is 0 Å². The van der Waals surface area contributed by atoms with Gasteiger partial charge < -0.3 is 5.32 Å². The third kappa shape index (κ3) is 3.91. The van der Waals surface area contributed by atoms with E-state index in [4.69, 9.17) is 0 Å². The van der Waals surface area contributed by atoms with Gasteiger partial charge in [-0.05, 0) is 46.3 Å². The van der Waals surface area contributed by atoms with Crippen molar-refractivity contribution in [1.29, 1.82) is 0 Å². The van der Waals surface area contributed by atoms with E-state index in [1.54, 1.807) is 0 Å². The minimum atomic E-state index is 0. The molecule has 3 nitrogen and oxygen atoms in total. The van der Waals surface area contributed by atoms with E-state index >= 15 is 0 Å². The summed E-state index contributed by atoms with van der Waals surface area (Å²) in [6.07, 6.45) is 1.33. The summed E-state index contributed by atoms with van der Waals surface area (Å²) in [7, 11) is 2.04. The van der Waals surface area contributed by atoms with Crippen molar-refractivity contribution in [2.75, 3.05) is 26.7 Å². The number of nitrogens with zero attached hydrogens (tertiary/aromatic N) is 2. The second-order valence-corrected chi connectivity index (χ2v) is 5.98. The van der Waals surface area contributed by atoms with Crippen LogP contribution in [-0.4, -0.2) is 36.6 Å². The molecule has 1 aliphatic rings. The maximum absolute atomic E-state index is 4.49. The molecular formula is C12H22ClN3S. The van der Waals surface area contributed by atoms with Gasteiger partial charge >= 0.3 is 0 Å². The van der Waals surface area contributed by atoms with Crippen molar-refractivity contribution in [3.8, 4) is 0 Å². The third-order valence-electron chi connectivity index (χ3n) is 3.23. The smallest absolute Gasteiger partial charge is 0.0900 e. The maximum atomic E-state index is 4.49. The molecule has 0 amide bonds. The first-order chi connectivity index (χ1) is 7.69. The number of thiazole rings is 1. The Morgan fingerprint density at radius 2 is 2.24 bits per heavy atom. The zero-order valence-corrected chi connectivity index (χ0v) is 12.5. The highest BCUT2D eigenvalue weighted by Gasteiger charge is 2.22. The molecule has 1 aromatic rings. The first-order valence-corrected chi connectivity index (χ1v) is 6.80. The van der Waals surface area contributed by atoms with Gasteiger partial charge in [0, 0.05) is 18.0 Å². The molecule has 1 unspecified atom stereocenters. The number of aromatic nitrogens is 1. The number of hydrogen-bond donors (Lipinski definition) is 1. The SMILES string of the molecule is CNCC1CCN(Cc2sc(C)nc2C)C1.Cl. The molecule has 0 spiro atoms. The molecule has 0 radical (unpaired) electrons. The zero-order chi connectivity index (χ0) is 11.5. The van der Waals surface area contributed by atoms with Gasteiger partial charge in [0.15, 0.2) is 0 Å². The molecule has 0 bridgehead atoms. The van der Waals surface area contributed by atoms with Crippen LogP contribution in [-0.2, 0) is 6.54 Å². The number of aryl methyl sites for hydroxylation is 2. The van der Waals surface area contributed by atoms with Gasteiger partial charge in [0.2, 0.25) is 0 Å². The molecule has 17 heavy (non-hydrogen) atoms. The molecule has 1 saturated heterocycles. The average Bonchev–Trinajstić information content (AvgIpc) is 2.76. The molecule has 5 heteroatoms. The fourth-order valence-corrected chi connectivity index (χ4v) is 3.41. The first kappa shape index (κ1) is 14.9. The van der Waals surface area contributed by atoms with Crippen LogP contribution >= 0.6 is 23.7 Å². The van der Waals surface area contributed by atoms with E-state index in [1.165, 1.54) is 35.1 Å². The van der Waals surface area contributed by atoms with E-state index in [0.29, 0.717) is 0 Å². The summed E-state index contributed by atoms with van der Waals surface area (Å²) in [5, 5.41) is 4.47. The van der Waals surface area contributed by atoms with E-state index in [2.05, 4.69) is 29.0 Å². The first-order valence-electron chi connectivity index (χ1n) is 5.99. The third-order valence-corrected chi connectivity index (χ3v) is 4.29. The lowest BCUT2D eigenvalue weighted by Crippen LogP contribution is -2.24. The highest BCUT2D eigenvalue weighted by atomic mass is 35.5. The Bertz CT molecular complexity index is 354. The largest absolute Gasteiger partial charge is 0.319 e. The van der Waals surface area contributed by atoms with Crippen molar-refractivity contribution in [3.05, 3.63) is 15.6 Å². The normalized spacial score (nSPS) is 20.5. The van der Waals surface area contributed by atoms with Crippen LogP contribution in [0.25, 0.3) is 0 Å². The zero-order valence-electron chi connectivity index (χ0n) is 10.8. The van der Waals surface area contributed by atoms with Crippen molar-refractivity contribution >= 4 is 23.7 Å². The van der Waals surface area contributed by atoms with Crippen LogP contribution in [0.1, 0.15) is 22.0 Å². The van der Waals surface area contributed by atoms with Crippen LogP contribution in [0.2, 0.25) is 0 Å². The van der Waals surface area contributed by atoms with E-state index < -0.39 is 0 Å². The molecule has 0 aromatic carbocycles. The molecule has 1 N–H and O–H groups in total. The van der Waals surface area contributed by atoms with Crippen LogP contribution in [0.4, 0.5) is 0 Å². The molecule has 0 saturated carbocycles. The Labute approximate surface area is 114 Å². The number of nitrogens with one attached hydrogen (secondary N) is 1. The summed E-state index contributed by atoms with van der Waals surface area (Å²) >= 11 is 1.85. The Hall–Kier alpha value is -0.160. The van der Waals surface area contributed by atoms with Gasteiger partial charge in [0.1, 0.15) is 0 Å². The maximum Gasteiger partial charge on any atom is 0.0900 e. The Balaban J connectivity index is 0.00000144. The van der Waals surface area contributed by atoms with E-state index in [0.717, 1.165) is 19.0 Å². The van der Waals surface area contributed by atoms with Gasteiger partial charge in [0.25, 0.3) is 0 Å². The molecule has 1 aromatic heterocycles. The highest BCUT2D eigenvalue weighted by molar-refractivity contribution is 7.11. The molecule has 2 rings (SSSR count). The van der Waals surface area contributed by atoms with Crippen molar-refractivity contribution in [2.24, 2.45) is 5.92 Å². The average molecular weight is 276 g/mol. The Kier molecular flexibility index (Phi) is 5.86. The van der Waals surface area contributed by atoms with Crippen LogP contribution in [0.15, 0.2) is 0 Å². The van der Waals surface area contributed by atoms with Crippen LogP contribution < -0.4 is 5.32 Å². The fourth-order valence-electron chi connectivity index (χ4n) is 2.44. The minimum Gasteiger partial charge on any atom is -0.319 e. The number of rotatable bonds is 4. The lowest BCUT2D eigenvalue weighted by Gasteiger charge is -2.15. The summed E-state index contributed by atoms with van der Waals surface area (Å²) in [5.41, 5.74) is 1.22. The summed E-state index contributed by atoms with van der Waals surface area (Å²) in [6, 6.07) is 0. The summed E-state index contributed by atoms with van der Waals surface area (Å²) in [4.78, 5) is 8.49. The second-order valence-electron chi connectivity index (χ2n) is 4.69. The molecule has 0 aliphatic carbocycles. The predicted octanol–water partition coefficient (Wildman–Crippen LogP) is 2.22. The van der Waals surface area contributed by atoms with Crippen LogP contribution in [0.3, 0.4) is 0 Å². The molecule has 1 atom stereocenters. The van der Waals surface area contributed by atoms with Crippen LogP contribution in [0, 0.1) is 19.8 Å². The minimum absolute atomic E-state index is 0. The number of hydrogen-bond acceptors (Lipinski definition) is 4. The molecule has 1 fully saturated rings. The van der Waals surface area contributed by atoms with Gasteiger partial charge in [0.05, 0.1) is 10.7 Å². The Morgan fingerprint density at radius 3 is 2.82 bits per heavy atom. The highest BCUT2D eigenvalue weighted by Crippen LogP contribution is 2.23. The number of likely N-dealkylation sites (tertiary alicyclic amines) is 1. The standard InChI is InChI=1S/C12H21N3S.ClH/c1-9-12(16-10(2)14-9)8-15-5-4-11(7-15)6-13-3;/h11,13H,4-8H2,1-3H3;1H. The quantitative estimate of drug-likeness (QED) is 0.913. The monoisotopic (exact) mass is 275 g/mol. The molecular weight excluding hydrogens is 254 g/mol. The second kappa shape index (κ2) is 6.69. The number of halogens is 1. The molecule has 98 valence electrons. The summed E-state index contributed by atoms with van der Waals surface area (Å²) in [5.74, 6) is 0.833. The van der Waals surface area contributed by atoms with E-state index in [1.807, 2.05) is 18.4 Å². The Morgan fingerprint density at radius 1 is 1.47 bits per heavy atom. The lowest BCUT2D eigenvalue weighted by molar-refractivity contribution is 0.317. The topological polar surface area (TPSA) is 28.2 Å². The van der Waals surface area contributed by atoms with Crippen molar-refractivity contribution in [1.82, 2.24) is 15.2 Å². The van der Waals surface area contributed by atoms with Crippen LogP contribution in [0.5, 0.6) is 0 Å². The molecule has 1 aliphatic heterocycles. The summed E-state index contributed by atoms with van der Waals surface area (Å²) < 4.78 is 0. The van der Waals surface area contributed by atoms with Crippen molar-refractivity contribution in [2.45, 2.75) is 26.8 Å². The van der Waals surface area contributed by atoms with Crippen molar-refractivity contribution in [3.63, 3.8) is 0 Å². The fraction of sp³-hybridized carbons (Fsp3) is 0.750. The van der Waals surface area contributed by atoms with Gasteiger partial charge in [-0.3, -0.25) is 4.90 Å². The predicted molar refractivity (Wildman–Crippen MR) is 76.1 cm³/mol. The lowest BCUT2D eigenvalue weighted by atomic mass is 10.1. The van der Waals surface area contributed by atoms with E-state index in [9.17, 15) is 0 Å². The van der Waals surface area contributed by atoms with Gasteiger partial charge in [-0.1, -0.05) is 0 Å². The van der Waals surface area contributed by atoms with Gasteiger partial charge in [-0.25, -0.2) is 4.98 Å². The van der Waals surface area contributed by atoms with Gasteiger partial charge in [-0.2, -0.15) is 0 Å². The molecule has 2 heterocycles. The van der Waals surface area contributed by atoms with E-state index in [-0.39, 0.29) is 12.4 Å². The summed E-state index contributed by atoms with van der Waals surface area (Å²) in [6.45, 7) is 8.93. The van der Waals surface area contributed by atoms with Gasteiger partial charge in [-0.15, -0.1) is 23.7 Å².